The maximum Gasteiger partial charge on any atom is 0.0541 e. The van der Waals surface area contributed by atoms with Gasteiger partial charge in [0.15, 0.2) is 0 Å². The molecule has 0 bridgehead atoms. The number of fused-ring (bicyclic) bond motifs is 6. The Morgan fingerprint density at radius 3 is 1.08 bits per heavy atom. The van der Waals surface area contributed by atoms with Crippen LogP contribution in [0.25, 0.3) is 88.4 Å². The van der Waals surface area contributed by atoms with Crippen LogP contribution in [0, 0.1) is 0 Å². The molecular weight excluding hydrogens is 605 g/mol. The number of benzene rings is 8. The van der Waals surface area contributed by atoms with Crippen LogP contribution in [-0.4, -0.2) is 9.13 Å². The number of hydrogen-bond acceptors (Lipinski definition) is 0. The van der Waals surface area contributed by atoms with Gasteiger partial charge >= 0.3 is 0 Å². The van der Waals surface area contributed by atoms with Crippen molar-refractivity contribution in [3.8, 4) is 44.8 Å². The molecule has 2 heteroatoms. The predicted octanol–water partition coefficient (Wildman–Crippen LogP) is 12.9. The highest BCUT2D eigenvalue weighted by molar-refractivity contribution is 6.12. The Balaban J connectivity index is 1.09. The highest BCUT2D eigenvalue weighted by Gasteiger charge is 2.16. The predicted molar refractivity (Wildman–Crippen MR) is 211 cm³/mol. The number of nitrogens with zero attached hydrogens (tertiary/aromatic N) is 2. The van der Waals surface area contributed by atoms with E-state index in [0.29, 0.717) is 0 Å². The minimum absolute atomic E-state index is 1.16. The van der Waals surface area contributed by atoms with Crippen molar-refractivity contribution in [2.45, 2.75) is 0 Å². The fraction of sp³-hybridized carbons (Fsp3) is 0. The van der Waals surface area contributed by atoms with Gasteiger partial charge in [0, 0.05) is 32.9 Å². The van der Waals surface area contributed by atoms with E-state index in [1.807, 2.05) is 0 Å². The van der Waals surface area contributed by atoms with Crippen LogP contribution >= 0.6 is 0 Å². The van der Waals surface area contributed by atoms with Gasteiger partial charge in [-0.05, 0) is 94.0 Å². The zero-order valence-electron chi connectivity index (χ0n) is 27.4. The molecule has 50 heavy (non-hydrogen) atoms. The topological polar surface area (TPSA) is 9.86 Å². The molecule has 10 aromatic rings. The lowest BCUT2D eigenvalue weighted by Gasteiger charge is -2.10. The van der Waals surface area contributed by atoms with Gasteiger partial charge in [0.05, 0.1) is 22.1 Å². The van der Waals surface area contributed by atoms with Crippen molar-refractivity contribution in [2.24, 2.45) is 0 Å². The van der Waals surface area contributed by atoms with Gasteiger partial charge in [0.1, 0.15) is 0 Å². The van der Waals surface area contributed by atoms with Crippen LogP contribution in [0.2, 0.25) is 0 Å². The third-order valence-electron chi connectivity index (χ3n) is 10.1. The third kappa shape index (κ3) is 4.57. The molecule has 0 radical (unpaired) electrons. The molecule has 2 heterocycles. The molecule has 0 unspecified atom stereocenters. The number of rotatable bonds is 5. The Bertz CT molecular complexity index is 2770. The lowest BCUT2D eigenvalue weighted by atomic mass is 9.98. The van der Waals surface area contributed by atoms with Crippen molar-refractivity contribution in [2.75, 3.05) is 0 Å². The van der Waals surface area contributed by atoms with Gasteiger partial charge < -0.3 is 9.13 Å². The molecule has 0 spiro atoms. The summed E-state index contributed by atoms with van der Waals surface area (Å²) in [5, 5.41) is 5.05. The average Bonchev–Trinajstić information content (AvgIpc) is 3.71. The van der Waals surface area contributed by atoms with Crippen molar-refractivity contribution in [3.05, 3.63) is 194 Å². The summed E-state index contributed by atoms with van der Waals surface area (Å²) in [4.78, 5) is 0. The van der Waals surface area contributed by atoms with Crippen LogP contribution < -0.4 is 0 Å². The zero-order valence-corrected chi connectivity index (χ0v) is 27.4. The van der Waals surface area contributed by atoms with Gasteiger partial charge in [-0.2, -0.15) is 0 Å². The van der Waals surface area contributed by atoms with Crippen LogP contribution in [0.15, 0.2) is 194 Å². The highest BCUT2D eigenvalue weighted by Crippen LogP contribution is 2.38. The summed E-state index contributed by atoms with van der Waals surface area (Å²) in [7, 11) is 0. The molecule has 0 fully saturated rings. The quantitative estimate of drug-likeness (QED) is 0.178. The lowest BCUT2D eigenvalue weighted by Crippen LogP contribution is -1.94. The molecule has 10 rings (SSSR count). The van der Waals surface area contributed by atoms with Crippen LogP contribution in [0.1, 0.15) is 0 Å². The molecule has 0 amide bonds. The molecule has 0 atom stereocenters. The normalized spacial score (nSPS) is 11.6. The first kappa shape index (κ1) is 28.4. The zero-order chi connectivity index (χ0) is 33.0. The van der Waals surface area contributed by atoms with Gasteiger partial charge in [0.2, 0.25) is 0 Å². The van der Waals surface area contributed by atoms with Crippen LogP contribution in [0.5, 0.6) is 0 Å². The van der Waals surface area contributed by atoms with E-state index in [0.717, 1.165) is 11.4 Å². The lowest BCUT2D eigenvalue weighted by molar-refractivity contribution is 1.18. The van der Waals surface area contributed by atoms with E-state index in [4.69, 9.17) is 0 Å². The maximum atomic E-state index is 2.39. The summed E-state index contributed by atoms with van der Waals surface area (Å²) in [5.74, 6) is 0. The minimum atomic E-state index is 1.16. The molecule has 0 aliphatic heterocycles. The number of aromatic nitrogens is 2. The van der Waals surface area contributed by atoms with E-state index in [1.165, 1.54) is 77.0 Å². The average molecular weight is 637 g/mol. The minimum Gasteiger partial charge on any atom is -0.309 e. The Kier molecular flexibility index (Phi) is 6.53. The number of hydrogen-bond donors (Lipinski definition) is 0. The van der Waals surface area contributed by atoms with Crippen LogP contribution in [0.4, 0.5) is 0 Å². The summed E-state index contributed by atoms with van der Waals surface area (Å²) in [6, 6.07) is 70.4. The standard InChI is InChI=1S/C48H32N2/c1-3-11-33(12-4-1)34-19-21-35(22-20-34)37-25-29-47-43(31-37)44-32-38(26-30-48(44)49(47)39-13-5-2-6-14-39)36-23-27-40(28-24-36)50-45-17-9-7-15-41(45)42-16-8-10-18-46(42)50/h1-32H. The fourth-order valence-electron chi connectivity index (χ4n) is 7.73. The summed E-state index contributed by atoms with van der Waals surface area (Å²) in [6.45, 7) is 0. The molecule has 2 aromatic heterocycles. The van der Waals surface area contributed by atoms with E-state index in [9.17, 15) is 0 Å². The Hall–Kier alpha value is -6.64. The summed E-state index contributed by atoms with van der Waals surface area (Å²) < 4.78 is 4.77. The number of para-hydroxylation sites is 3. The maximum absolute atomic E-state index is 2.39. The van der Waals surface area contributed by atoms with Crippen molar-refractivity contribution >= 4 is 43.6 Å². The largest absolute Gasteiger partial charge is 0.309 e. The molecule has 0 saturated heterocycles. The van der Waals surface area contributed by atoms with Crippen molar-refractivity contribution in [1.29, 1.82) is 0 Å². The molecule has 0 aliphatic rings. The van der Waals surface area contributed by atoms with Crippen molar-refractivity contribution < 1.29 is 0 Å². The Morgan fingerprint density at radius 2 is 0.560 bits per heavy atom. The van der Waals surface area contributed by atoms with Gasteiger partial charge in [-0.1, -0.05) is 133 Å². The second kappa shape index (κ2) is 11.5. The van der Waals surface area contributed by atoms with E-state index >= 15 is 0 Å². The first-order chi connectivity index (χ1) is 24.8. The van der Waals surface area contributed by atoms with E-state index < -0.39 is 0 Å². The van der Waals surface area contributed by atoms with Gasteiger partial charge in [-0.15, -0.1) is 0 Å². The Morgan fingerprint density at radius 1 is 0.220 bits per heavy atom. The van der Waals surface area contributed by atoms with Crippen molar-refractivity contribution in [3.63, 3.8) is 0 Å². The summed E-state index contributed by atoms with van der Waals surface area (Å²) in [6.07, 6.45) is 0. The van der Waals surface area contributed by atoms with Gasteiger partial charge in [0.25, 0.3) is 0 Å². The molecule has 0 aliphatic carbocycles. The molecule has 0 saturated carbocycles. The smallest absolute Gasteiger partial charge is 0.0541 e. The highest BCUT2D eigenvalue weighted by atomic mass is 15.0. The van der Waals surface area contributed by atoms with Crippen molar-refractivity contribution in [1.82, 2.24) is 9.13 Å². The van der Waals surface area contributed by atoms with Crippen LogP contribution in [0.3, 0.4) is 0 Å². The molecular formula is C48H32N2. The van der Waals surface area contributed by atoms with Gasteiger partial charge in [-0.3, -0.25) is 0 Å². The van der Waals surface area contributed by atoms with E-state index in [1.54, 1.807) is 0 Å². The fourth-order valence-corrected chi connectivity index (χ4v) is 7.73. The van der Waals surface area contributed by atoms with Crippen LogP contribution in [-0.2, 0) is 0 Å². The monoisotopic (exact) mass is 636 g/mol. The van der Waals surface area contributed by atoms with Gasteiger partial charge in [-0.25, -0.2) is 0 Å². The van der Waals surface area contributed by atoms with E-state index in [2.05, 4.69) is 203 Å². The SMILES string of the molecule is c1ccc(-c2ccc(-c3ccc4c(c3)c3cc(-c5ccc(-n6c7ccccc7c7ccccc76)cc5)ccc3n4-c3ccccc3)cc2)cc1. The Labute approximate surface area is 290 Å². The summed E-state index contributed by atoms with van der Waals surface area (Å²) >= 11 is 0. The first-order valence-electron chi connectivity index (χ1n) is 17.2. The van der Waals surface area contributed by atoms with E-state index in [-0.39, 0.29) is 0 Å². The first-order valence-corrected chi connectivity index (χ1v) is 17.2. The molecule has 0 N–H and O–H groups in total. The third-order valence-corrected chi connectivity index (χ3v) is 10.1. The second-order valence-corrected chi connectivity index (χ2v) is 13.0. The second-order valence-electron chi connectivity index (χ2n) is 13.0. The molecule has 8 aromatic carbocycles. The summed E-state index contributed by atoms with van der Waals surface area (Å²) in [5.41, 5.74) is 14.5. The molecule has 2 nitrogen and oxygen atoms in total. The molecule has 234 valence electrons.